The van der Waals surface area contributed by atoms with Crippen LogP contribution in [0, 0.1) is 5.92 Å². The van der Waals surface area contributed by atoms with E-state index in [1.165, 1.54) is 49.9 Å². The zero-order valence-corrected chi connectivity index (χ0v) is 10.8. The van der Waals surface area contributed by atoms with Crippen molar-refractivity contribution in [2.75, 3.05) is 20.1 Å². The van der Waals surface area contributed by atoms with Gasteiger partial charge < -0.3 is 10.6 Å². The van der Waals surface area contributed by atoms with E-state index in [0.717, 1.165) is 12.5 Å². The van der Waals surface area contributed by atoms with Gasteiger partial charge in [0.2, 0.25) is 0 Å². The van der Waals surface area contributed by atoms with Gasteiger partial charge in [0, 0.05) is 6.54 Å². The molecule has 1 aliphatic rings. The highest BCUT2D eigenvalue weighted by molar-refractivity contribution is 5.23. The molecule has 1 heterocycles. The van der Waals surface area contributed by atoms with Crippen molar-refractivity contribution >= 4 is 0 Å². The van der Waals surface area contributed by atoms with Crippen molar-refractivity contribution in [1.82, 2.24) is 10.6 Å². The molecule has 17 heavy (non-hydrogen) atoms. The first-order valence-corrected chi connectivity index (χ1v) is 6.81. The first-order valence-electron chi connectivity index (χ1n) is 6.81. The van der Waals surface area contributed by atoms with E-state index in [2.05, 4.69) is 34.9 Å². The molecule has 1 aliphatic heterocycles. The minimum Gasteiger partial charge on any atom is -0.317 e. The van der Waals surface area contributed by atoms with E-state index in [9.17, 15) is 0 Å². The minimum absolute atomic E-state index is 0.934. The third-order valence-corrected chi connectivity index (χ3v) is 3.67. The molecule has 2 heteroatoms. The third kappa shape index (κ3) is 4.14. The van der Waals surface area contributed by atoms with E-state index in [1.54, 1.807) is 0 Å². The van der Waals surface area contributed by atoms with Crippen LogP contribution >= 0.6 is 0 Å². The molecule has 0 atom stereocenters. The van der Waals surface area contributed by atoms with E-state index >= 15 is 0 Å². The van der Waals surface area contributed by atoms with Crippen LogP contribution in [0.25, 0.3) is 0 Å². The van der Waals surface area contributed by atoms with Crippen molar-refractivity contribution in [3.05, 3.63) is 35.4 Å². The van der Waals surface area contributed by atoms with Gasteiger partial charge in [-0.15, -0.1) is 0 Å². The maximum atomic E-state index is 3.43. The lowest BCUT2D eigenvalue weighted by Gasteiger charge is -2.22. The molecule has 94 valence electrons. The van der Waals surface area contributed by atoms with Gasteiger partial charge >= 0.3 is 0 Å². The summed E-state index contributed by atoms with van der Waals surface area (Å²) in [5.41, 5.74) is 2.89. The van der Waals surface area contributed by atoms with Crippen molar-refractivity contribution in [1.29, 1.82) is 0 Å². The predicted molar refractivity (Wildman–Crippen MR) is 73.1 cm³/mol. The van der Waals surface area contributed by atoms with Gasteiger partial charge in [-0.25, -0.2) is 0 Å². The topological polar surface area (TPSA) is 24.1 Å². The number of rotatable bonds is 5. The summed E-state index contributed by atoms with van der Waals surface area (Å²) in [4.78, 5) is 0. The summed E-state index contributed by atoms with van der Waals surface area (Å²) in [7, 11) is 2.00. The summed E-state index contributed by atoms with van der Waals surface area (Å²) >= 11 is 0. The average Bonchev–Trinajstić information content (AvgIpc) is 2.39. The summed E-state index contributed by atoms with van der Waals surface area (Å²) < 4.78 is 0. The van der Waals surface area contributed by atoms with Crippen molar-refractivity contribution in [3.63, 3.8) is 0 Å². The molecule has 0 radical (unpaired) electrons. The fourth-order valence-electron chi connectivity index (χ4n) is 2.64. The van der Waals surface area contributed by atoms with Crippen molar-refractivity contribution in [2.24, 2.45) is 5.92 Å². The standard InChI is InChI=1S/C15H24N2/c1-16-12-15-4-2-3-14(11-15)6-5-13-7-9-17-10-8-13/h2-4,11,13,16-17H,5-10,12H2,1H3. The number of hydrogen-bond donors (Lipinski definition) is 2. The minimum atomic E-state index is 0.934. The molecule has 0 bridgehead atoms. The Bertz CT molecular complexity index is 329. The second kappa shape index (κ2) is 6.77. The Kier molecular flexibility index (Phi) is 5.02. The van der Waals surface area contributed by atoms with Crippen LogP contribution < -0.4 is 10.6 Å². The fraction of sp³-hybridized carbons (Fsp3) is 0.600. The lowest BCUT2D eigenvalue weighted by atomic mass is 9.91. The Labute approximate surface area is 105 Å². The highest BCUT2D eigenvalue weighted by Gasteiger charge is 2.12. The second-order valence-corrected chi connectivity index (χ2v) is 5.08. The Morgan fingerprint density at radius 1 is 1.24 bits per heavy atom. The van der Waals surface area contributed by atoms with Crippen LogP contribution in [-0.2, 0) is 13.0 Å². The summed E-state index contributed by atoms with van der Waals surface area (Å²) in [5.74, 6) is 0.934. The molecule has 0 aromatic heterocycles. The Morgan fingerprint density at radius 2 is 2.00 bits per heavy atom. The summed E-state index contributed by atoms with van der Waals surface area (Å²) in [6, 6.07) is 8.99. The van der Waals surface area contributed by atoms with Crippen LogP contribution in [0.5, 0.6) is 0 Å². The first kappa shape index (κ1) is 12.6. The number of benzene rings is 1. The zero-order valence-electron chi connectivity index (χ0n) is 10.8. The third-order valence-electron chi connectivity index (χ3n) is 3.67. The average molecular weight is 232 g/mol. The summed E-state index contributed by atoms with van der Waals surface area (Å²) in [6.45, 7) is 3.40. The molecule has 0 amide bonds. The summed E-state index contributed by atoms with van der Waals surface area (Å²) in [6.07, 6.45) is 5.30. The van der Waals surface area contributed by atoms with E-state index in [0.29, 0.717) is 0 Å². The molecule has 2 rings (SSSR count). The van der Waals surface area contributed by atoms with Crippen LogP contribution in [0.3, 0.4) is 0 Å². The molecule has 1 fully saturated rings. The summed E-state index contributed by atoms with van der Waals surface area (Å²) in [5, 5.41) is 6.64. The number of aryl methyl sites for hydroxylation is 1. The lowest BCUT2D eigenvalue weighted by Crippen LogP contribution is -2.27. The van der Waals surface area contributed by atoms with Gasteiger partial charge in [-0.05, 0) is 62.9 Å². The van der Waals surface area contributed by atoms with Crippen molar-refractivity contribution in [2.45, 2.75) is 32.2 Å². The number of hydrogen-bond acceptors (Lipinski definition) is 2. The van der Waals surface area contributed by atoms with Crippen LogP contribution in [0.4, 0.5) is 0 Å². The van der Waals surface area contributed by atoms with Gasteiger partial charge in [0.25, 0.3) is 0 Å². The van der Waals surface area contributed by atoms with Gasteiger partial charge in [-0.2, -0.15) is 0 Å². The van der Waals surface area contributed by atoms with Crippen LogP contribution in [-0.4, -0.2) is 20.1 Å². The van der Waals surface area contributed by atoms with E-state index in [4.69, 9.17) is 0 Å². The molecule has 0 unspecified atom stereocenters. The Hall–Kier alpha value is -0.860. The maximum absolute atomic E-state index is 3.43. The van der Waals surface area contributed by atoms with Gasteiger partial charge in [0.15, 0.2) is 0 Å². The molecular weight excluding hydrogens is 208 g/mol. The SMILES string of the molecule is CNCc1cccc(CCC2CCNCC2)c1. The predicted octanol–water partition coefficient (Wildman–Crippen LogP) is 2.34. The highest BCUT2D eigenvalue weighted by atomic mass is 14.9. The number of nitrogens with one attached hydrogen (secondary N) is 2. The molecular formula is C15H24N2. The molecule has 0 saturated carbocycles. The first-order chi connectivity index (χ1) is 8.38. The maximum Gasteiger partial charge on any atom is 0.0202 e. The van der Waals surface area contributed by atoms with Gasteiger partial charge in [0.05, 0.1) is 0 Å². The molecule has 2 N–H and O–H groups in total. The van der Waals surface area contributed by atoms with E-state index in [-0.39, 0.29) is 0 Å². The van der Waals surface area contributed by atoms with Gasteiger partial charge in [-0.1, -0.05) is 24.3 Å². The Morgan fingerprint density at radius 3 is 2.76 bits per heavy atom. The molecule has 1 aromatic carbocycles. The van der Waals surface area contributed by atoms with Crippen molar-refractivity contribution in [3.8, 4) is 0 Å². The van der Waals surface area contributed by atoms with Crippen LogP contribution in [0.2, 0.25) is 0 Å². The monoisotopic (exact) mass is 232 g/mol. The molecule has 0 aliphatic carbocycles. The van der Waals surface area contributed by atoms with Crippen LogP contribution in [0.15, 0.2) is 24.3 Å². The Balaban J connectivity index is 1.83. The van der Waals surface area contributed by atoms with Gasteiger partial charge in [-0.3, -0.25) is 0 Å². The molecule has 1 saturated heterocycles. The smallest absolute Gasteiger partial charge is 0.0202 e. The fourth-order valence-corrected chi connectivity index (χ4v) is 2.64. The van der Waals surface area contributed by atoms with E-state index in [1.807, 2.05) is 7.05 Å². The quantitative estimate of drug-likeness (QED) is 0.814. The lowest BCUT2D eigenvalue weighted by molar-refractivity contribution is 0.354. The molecule has 1 aromatic rings. The van der Waals surface area contributed by atoms with E-state index < -0.39 is 0 Å². The second-order valence-electron chi connectivity index (χ2n) is 5.08. The van der Waals surface area contributed by atoms with Gasteiger partial charge in [0.1, 0.15) is 0 Å². The largest absolute Gasteiger partial charge is 0.317 e. The van der Waals surface area contributed by atoms with Crippen LogP contribution in [0.1, 0.15) is 30.4 Å². The highest BCUT2D eigenvalue weighted by Crippen LogP contribution is 2.19. The van der Waals surface area contributed by atoms with Crippen molar-refractivity contribution < 1.29 is 0 Å². The molecule has 0 spiro atoms. The number of piperidine rings is 1. The zero-order chi connectivity index (χ0) is 11.9. The molecule has 2 nitrogen and oxygen atoms in total. The normalized spacial score (nSPS) is 17.2.